The van der Waals surface area contributed by atoms with Gasteiger partial charge in [0.05, 0.1) is 5.92 Å². The van der Waals surface area contributed by atoms with E-state index in [0.717, 1.165) is 31.6 Å². The van der Waals surface area contributed by atoms with E-state index in [1.165, 1.54) is 19.3 Å². The Bertz CT molecular complexity index is 446. The third kappa shape index (κ3) is 3.41. The van der Waals surface area contributed by atoms with E-state index in [-0.39, 0.29) is 17.7 Å². The van der Waals surface area contributed by atoms with Crippen LogP contribution in [0.4, 0.5) is 0 Å². The predicted octanol–water partition coefficient (Wildman–Crippen LogP) is 3.20. The summed E-state index contributed by atoms with van der Waals surface area (Å²) in [5, 5.41) is 0. The SMILES string of the molecule is CC1CCC(N2C[C@H](C(=O)N3[C@H](C)CCC[C@H]3C)CC2=O)CC1. The molecule has 0 aromatic rings. The van der Waals surface area contributed by atoms with Gasteiger partial charge in [0.15, 0.2) is 0 Å². The van der Waals surface area contributed by atoms with Gasteiger partial charge in [-0.05, 0) is 64.7 Å². The fraction of sp³-hybridized carbons (Fsp3) is 0.895. The molecular weight excluding hydrogens is 288 g/mol. The second kappa shape index (κ2) is 6.82. The van der Waals surface area contributed by atoms with Gasteiger partial charge < -0.3 is 9.80 Å². The van der Waals surface area contributed by atoms with Crippen LogP contribution in [0, 0.1) is 11.8 Å². The molecule has 3 fully saturated rings. The van der Waals surface area contributed by atoms with E-state index in [1.54, 1.807) is 0 Å². The molecule has 3 rings (SSSR count). The molecule has 3 aliphatic rings. The van der Waals surface area contributed by atoms with Gasteiger partial charge in [0.1, 0.15) is 0 Å². The van der Waals surface area contributed by atoms with Crippen molar-refractivity contribution in [1.82, 2.24) is 9.80 Å². The average molecular weight is 320 g/mol. The molecule has 0 aromatic carbocycles. The maximum Gasteiger partial charge on any atom is 0.228 e. The Balaban J connectivity index is 1.63. The van der Waals surface area contributed by atoms with Crippen LogP contribution in [0.3, 0.4) is 0 Å². The zero-order valence-electron chi connectivity index (χ0n) is 15.0. The van der Waals surface area contributed by atoms with Crippen molar-refractivity contribution in [3.8, 4) is 0 Å². The first-order chi connectivity index (χ1) is 11.0. The minimum Gasteiger partial charge on any atom is -0.339 e. The Labute approximate surface area is 140 Å². The maximum absolute atomic E-state index is 13.0. The van der Waals surface area contributed by atoms with Crippen molar-refractivity contribution in [2.24, 2.45) is 11.8 Å². The van der Waals surface area contributed by atoms with Gasteiger partial charge in [-0.2, -0.15) is 0 Å². The molecule has 23 heavy (non-hydrogen) atoms. The van der Waals surface area contributed by atoms with Crippen molar-refractivity contribution >= 4 is 11.8 Å². The first-order valence-electron chi connectivity index (χ1n) is 9.59. The molecule has 1 saturated carbocycles. The maximum atomic E-state index is 13.0. The van der Waals surface area contributed by atoms with Gasteiger partial charge in [0, 0.05) is 31.1 Å². The second-order valence-corrected chi connectivity index (χ2v) is 8.24. The molecule has 0 unspecified atom stereocenters. The van der Waals surface area contributed by atoms with Crippen LogP contribution in [0.15, 0.2) is 0 Å². The van der Waals surface area contributed by atoms with E-state index >= 15 is 0 Å². The highest BCUT2D eigenvalue weighted by Crippen LogP contribution is 2.33. The van der Waals surface area contributed by atoms with E-state index in [2.05, 4.69) is 25.7 Å². The zero-order valence-corrected chi connectivity index (χ0v) is 15.0. The predicted molar refractivity (Wildman–Crippen MR) is 90.9 cm³/mol. The first-order valence-corrected chi connectivity index (χ1v) is 9.59. The van der Waals surface area contributed by atoms with Gasteiger partial charge in [0.2, 0.25) is 11.8 Å². The second-order valence-electron chi connectivity index (χ2n) is 8.24. The summed E-state index contributed by atoms with van der Waals surface area (Å²) in [6.07, 6.45) is 8.50. The zero-order chi connectivity index (χ0) is 16.6. The Morgan fingerprint density at radius 3 is 2.17 bits per heavy atom. The molecule has 2 heterocycles. The molecule has 4 nitrogen and oxygen atoms in total. The van der Waals surface area contributed by atoms with Gasteiger partial charge in [0.25, 0.3) is 0 Å². The summed E-state index contributed by atoms with van der Waals surface area (Å²) in [6.45, 7) is 7.27. The molecule has 2 saturated heterocycles. The summed E-state index contributed by atoms with van der Waals surface area (Å²) in [5.41, 5.74) is 0. The number of piperidine rings is 1. The lowest BCUT2D eigenvalue weighted by atomic mass is 9.86. The minimum atomic E-state index is -0.107. The number of hydrogen-bond donors (Lipinski definition) is 0. The summed E-state index contributed by atoms with van der Waals surface area (Å²) in [5.74, 6) is 1.12. The topological polar surface area (TPSA) is 40.6 Å². The standard InChI is InChI=1S/C19H32N2O2/c1-13-7-9-17(10-8-13)20-12-16(11-18(20)22)19(23)21-14(2)5-4-6-15(21)3/h13-17H,4-12H2,1-3H3/t13?,14-,15-,16-,17?/m1/s1. The van der Waals surface area contributed by atoms with Crippen molar-refractivity contribution in [3.63, 3.8) is 0 Å². The third-order valence-corrected chi connectivity index (χ3v) is 6.38. The number of carbonyl (C=O) groups excluding carboxylic acids is 2. The summed E-state index contributed by atoms with van der Waals surface area (Å²) in [7, 11) is 0. The van der Waals surface area contributed by atoms with Gasteiger partial charge in [-0.25, -0.2) is 0 Å². The van der Waals surface area contributed by atoms with Crippen molar-refractivity contribution in [2.75, 3.05) is 6.54 Å². The molecule has 0 radical (unpaired) electrons. The van der Waals surface area contributed by atoms with Gasteiger partial charge in [-0.1, -0.05) is 6.92 Å². The van der Waals surface area contributed by atoms with E-state index in [4.69, 9.17) is 0 Å². The summed E-state index contributed by atoms with van der Waals surface area (Å²) in [4.78, 5) is 29.6. The number of amides is 2. The molecule has 2 aliphatic heterocycles. The molecule has 0 aromatic heterocycles. The van der Waals surface area contributed by atoms with Gasteiger partial charge in [-0.15, -0.1) is 0 Å². The minimum absolute atomic E-state index is 0.107. The number of carbonyl (C=O) groups is 2. The van der Waals surface area contributed by atoms with Crippen LogP contribution < -0.4 is 0 Å². The Morgan fingerprint density at radius 1 is 0.957 bits per heavy atom. The third-order valence-electron chi connectivity index (χ3n) is 6.38. The highest BCUT2D eigenvalue weighted by Gasteiger charge is 2.42. The lowest BCUT2D eigenvalue weighted by molar-refractivity contribution is -0.141. The monoisotopic (exact) mass is 320 g/mol. The van der Waals surface area contributed by atoms with Crippen molar-refractivity contribution in [1.29, 1.82) is 0 Å². The number of likely N-dealkylation sites (tertiary alicyclic amines) is 2. The summed E-state index contributed by atoms with van der Waals surface area (Å²) < 4.78 is 0. The molecule has 1 aliphatic carbocycles. The highest BCUT2D eigenvalue weighted by atomic mass is 16.2. The molecule has 4 heteroatoms. The van der Waals surface area contributed by atoms with Crippen LogP contribution in [0.1, 0.15) is 72.1 Å². The van der Waals surface area contributed by atoms with Gasteiger partial charge >= 0.3 is 0 Å². The fourth-order valence-electron chi connectivity index (χ4n) is 4.87. The summed E-state index contributed by atoms with van der Waals surface area (Å²) >= 11 is 0. The number of nitrogens with zero attached hydrogens (tertiary/aromatic N) is 2. The Morgan fingerprint density at radius 2 is 1.57 bits per heavy atom. The highest BCUT2D eigenvalue weighted by molar-refractivity contribution is 5.89. The molecule has 0 bridgehead atoms. The normalized spacial score (nSPS) is 38.9. The van der Waals surface area contributed by atoms with Crippen LogP contribution in [-0.2, 0) is 9.59 Å². The van der Waals surface area contributed by atoms with Crippen molar-refractivity contribution < 1.29 is 9.59 Å². The number of hydrogen-bond acceptors (Lipinski definition) is 2. The number of rotatable bonds is 2. The van der Waals surface area contributed by atoms with Crippen molar-refractivity contribution in [3.05, 3.63) is 0 Å². The van der Waals surface area contributed by atoms with Crippen molar-refractivity contribution in [2.45, 2.75) is 90.3 Å². The van der Waals surface area contributed by atoms with E-state index in [9.17, 15) is 9.59 Å². The summed E-state index contributed by atoms with van der Waals surface area (Å²) in [6, 6.07) is 1.03. The average Bonchev–Trinajstić information content (AvgIpc) is 2.90. The van der Waals surface area contributed by atoms with E-state index < -0.39 is 0 Å². The van der Waals surface area contributed by atoms with Crippen LogP contribution >= 0.6 is 0 Å². The smallest absolute Gasteiger partial charge is 0.228 e. The molecule has 0 N–H and O–H groups in total. The lowest BCUT2D eigenvalue weighted by Gasteiger charge is -2.40. The Kier molecular flexibility index (Phi) is 4.98. The molecule has 0 spiro atoms. The quantitative estimate of drug-likeness (QED) is 0.784. The van der Waals surface area contributed by atoms with Crippen LogP contribution in [0.5, 0.6) is 0 Å². The van der Waals surface area contributed by atoms with Crippen LogP contribution in [0.25, 0.3) is 0 Å². The van der Waals surface area contributed by atoms with Crippen LogP contribution in [0.2, 0.25) is 0 Å². The van der Waals surface area contributed by atoms with E-state index in [0.29, 0.717) is 31.1 Å². The molecule has 3 atom stereocenters. The Hall–Kier alpha value is -1.06. The lowest BCUT2D eigenvalue weighted by Crippen LogP contribution is -2.50. The largest absolute Gasteiger partial charge is 0.339 e. The first kappa shape index (κ1) is 16.8. The molecular formula is C19H32N2O2. The molecule has 130 valence electrons. The fourth-order valence-corrected chi connectivity index (χ4v) is 4.87. The van der Waals surface area contributed by atoms with Gasteiger partial charge in [-0.3, -0.25) is 9.59 Å². The molecule has 2 amide bonds. The van der Waals surface area contributed by atoms with Crippen LogP contribution in [-0.4, -0.2) is 46.3 Å². The van der Waals surface area contributed by atoms with E-state index in [1.807, 2.05) is 4.90 Å².